The Kier molecular flexibility index (Phi) is 5.58. The second kappa shape index (κ2) is 7.18. The van der Waals surface area contributed by atoms with E-state index in [2.05, 4.69) is 17.2 Å². The summed E-state index contributed by atoms with van der Waals surface area (Å²) >= 11 is 0. The third-order valence-electron chi connectivity index (χ3n) is 2.65. The molecule has 0 fully saturated rings. The SMILES string of the molecule is C=CCC(NC(=O)Nc1ccc(N(C)C)cc1)C(=O)O. The van der Waals surface area contributed by atoms with Gasteiger partial charge in [-0.25, -0.2) is 9.59 Å². The molecule has 0 aliphatic rings. The lowest BCUT2D eigenvalue weighted by molar-refractivity contribution is -0.139. The van der Waals surface area contributed by atoms with Crippen LogP contribution in [0.15, 0.2) is 36.9 Å². The lowest BCUT2D eigenvalue weighted by Crippen LogP contribution is -2.42. The Balaban J connectivity index is 2.61. The number of rotatable bonds is 6. The van der Waals surface area contributed by atoms with Crippen LogP contribution in [-0.2, 0) is 4.79 Å². The van der Waals surface area contributed by atoms with Crippen molar-refractivity contribution in [2.75, 3.05) is 24.3 Å². The van der Waals surface area contributed by atoms with Crippen LogP contribution in [0.1, 0.15) is 6.42 Å². The van der Waals surface area contributed by atoms with Gasteiger partial charge >= 0.3 is 12.0 Å². The maximum absolute atomic E-state index is 11.7. The number of anilines is 2. The topological polar surface area (TPSA) is 81.7 Å². The third kappa shape index (κ3) is 4.64. The van der Waals surface area contributed by atoms with Crippen molar-refractivity contribution in [2.24, 2.45) is 0 Å². The monoisotopic (exact) mass is 277 g/mol. The lowest BCUT2D eigenvalue weighted by atomic mass is 10.2. The van der Waals surface area contributed by atoms with E-state index in [1.807, 2.05) is 31.1 Å². The Labute approximate surface area is 118 Å². The number of hydrogen-bond acceptors (Lipinski definition) is 3. The van der Waals surface area contributed by atoms with E-state index in [-0.39, 0.29) is 6.42 Å². The Morgan fingerprint density at radius 3 is 2.40 bits per heavy atom. The standard InChI is InChI=1S/C14H19N3O3/c1-4-5-12(13(18)19)16-14(20)15-10-6-8-11(9-7-10)17(2)3/h4,6-9,12H,1,5H2,2-3H3,(H,18,19)(H2,15,16,20). The van der Waals surface area contributed by atoms with Crippen LogP contribution in [-0.4, -0.2) is 37.2 Å². The molecule has 108 valence electrons. The molecule has 0 aromatic heterocycles. The van der Waals surface area contributed by atoms with Crippen LogP contribution >= 0.6 is 0 Å². The Morgan fingerprint density at radius 2 is 1.95 bits per heavy atom. The third-order valence-corrected chi connectivity index (χ3v) is 2.65. The van der Waals surface area contributed by atoms with Gasteiger partial charge in [-0.3, -0.25) is 0 Å². The molecule has 1 atom stereocenters. The minimum absolute atomic E-state index is 0.169. The van der Waals surface area contributed by atoms with Gasteiger partial charge in [-0.05, 0) is 30.7 Å². The molecule has 0 saturated carbocycles. The van der Waals surface area contributed by atoms with E-state index in [1.165, 1.54) is 6.08 Å². The minimum Gasteiger partial charge on any atom is -0.480 e. The average molecular weight is 277 g/mol. The molecule has 0 aliphatic carbocycles. The van der Waals surface area contributed by atoms with Gasteiger partial charge in [0.15, 0.2) is 0 Å². The van der Waals surface area contributed by atoms with Crippen molar-refractivity contribution in [1.82, 2.24) is 5.32 Å². The zero-order valence-electron chi connectivity index (χ0n) is 11.6. The molecule has 0 aliphatic heterocycles. The molecule has 0 heterocycles. The molecule has 1 unspecified atom stereocenters. The summed E-state index contributed by atoms with van der Waals surface area (Å²) in [5.41, 5.74) is 1.60. The van der Waals surface area contributed by atoms with E-state index < -0.39 is 18.0 Å². The summed E-state index contributed by atoms with van der Waals surface area (Å²) in [4.78, 5) is 24.5. The van der Waals surface area contributed by atoms with Crippen LogP contribution in [0.25, 0.3) is 0 Å². The first-order chi connectivity index (χ1) is 9.43. The zero-order chi connectivity index (χ0) is 15.1. The van der Waals surface area contributed by atoms with Gasteiger partial charge in [-0.2, -0.15) is 0 Å². The van der Waals surface area contributed by atoms with Gasteiger partial charge in [-0.1, -0.05) is 6.08 Å². The van der Waals surface area contributed by atoms with E-state index in [1.54, 1.807) is 12.1 Å². The number of carbonyl (C=O) groups excluding carboxylic acids is 1. The Morgan fingerprint density at radius 1 is 1.35 bits per heavy atom. The second-order valence-electron chi connectivity index (χ2n) is 4.45. The average Bonchev–Trinajstić information content (AvgIpc) is 2.38. The Bertz CT molecular complexity index is 483. The van der Waals surface area contributed by atoms with Crippen LogP contribution < -0.4 is 15.5 Å². The Hall–Kier alpha value is -2.50. The number of carboxylic acid groups (broad SMARTS) is 1. The fraction of sp³-hybridized carbons (Fsp3) is 0.286. The smallest absolute Gasteiger partial charge is 0.326 e. The van der Waals surface area contributed by atoms with E-state index in [0.29, 0.717) is 5.69 Å². The summed E-state index contributed by atoms with van der Waals surface area (Å²) in [5, 5.41) is 13.9. The predicted molar refractivity (Wildman–Crippen MR) is 79.2 cm³/mol. The highest BCUT2D eigenvalue weighted by atomic mass is 16.4. The molecule has 0 radical (unpaired) electrons. The van der Waals surface area contributed by atoms with Gasteiger partial charge in [0.25, 0.3) is 0 Å². The number of carboxylic acids is 1. The highest BCUT2D eigenvalue weighted by Crippen LogP contribution is 2.15. The van der Waals surface area contributed by atoms with Crippen molar-refractivity contribution >= 4 is 23.4 Å². The molecule has 3 N–H and O–H groups in total. The first-order valence-electron chi connectivity index (χ1n) is 6.12. The molecule has 0 spiro atoms. The summed E-state index contributed by atoms with van der Waals surface area (Å²) < 4.78 is 0. The maximum Gasteiger partial charge on any atom is 0.326 e. The van der Waals surface area contributed by atoms with E-state index >= 15 is 0 Å². The largest absolute Gasteiger partial charge is 0.480 e. The molecule has 6 heteroatoms. The number of nitrogens with zero attached hydrogens (tertiary/aromatic N) is 1. The quantitative estimate of drug-likeness (QED) is 0.694. The molecular formula is C14H19N3O3. The summed E-state index contributed by atoms with van der Waals surface area (Å²) in [5.74, 6) is -1.09. The fourth-order valence-electron chi connectivity index (χ4n) is 1.56. The van der Waals surface area contributed by atoms with Gasteiger partial charge < -0.3 is 20.6 Å². The summed E-state index contributed by atoms with van der Waals surface area (Å²) in [6.07, 6.45) is 1.62. The molecule has 6 nitrogen and oxygen atoms in total. The van der Waals surface area contributed by atoms with Crippen molar-refractivity contribution in [1.29, 1.82) is 0 Å². The number of hydrogen-bond donors (Lipinski definition) is 3. The molecule has 1 aromatic carbocycles. The molecule has 1 aromatic rings. The van der Waals surface area contributed by atoms with Crippen molar-refractivity contribution in [2.45, 2.75) is 12.5 Å². The minimum atomic E-state index is -1.09. The van der Waals surface area contributed by atoms with E-state index in [9.17, 15) is 9.59 Å². The molecule has 20 heavy (non-hydrogen) atoms. The predicted octanol–water partition coefficient (Wildman–Crippen LogP) is 1.90. The number of carbonyl (C=O) groups is 2. The van der Waals surface area contributed by atoms with Crippen LogP contribution in [0.3, 0.4) is 0 Å². The zero-order valence-corrected chi connectivity index (χ0v) is 11.6. The normalized spacial score (nSPS) is 11.3. The van der Waals surface area contributed by atoms with Crippen molar-refractivity contribution in [3.63, 3.8) is 0 Å². The second-order valence-corrected chi connectivity index (χ2v) is 4.45. The van der Waals surface area contributed by atoms with Crippen LogP contribution in [0, 0.1) is 0 Å². The summed E-state index contributed by atoms with van der Waals surface area (Å²) in [7, 11) is 3.84. The fourth-order valence-corrected chi connectivity index (χ4v) is 1.56. The summed E-state index contributed by atoms with van der Waals surface area (Å²) in [6.45, 7) is 3.46. The van der Waals surface area contributed by atoms with Crippen LogP contribution in [0.5, 0.6) is 0 Å². The number of nitrogens with one attached hydrogen (secondary N) is 2. The number of urea groups is 1. The molecule has 1 rings (SSSR count). The van der Waals surface area contributed by atoms with Gasteiger partial charge in [0.1, 0.15) is 6.04 Å². The molecule has 2 amide bonds. The first kappa shape index (κ1) is 15.6. The van der Waals surface area contributed by atoms with Gasteiger partial charge in [0.2, 0.25) is 0 Å². The number of benzene rings is 1. The van der Waals surface area contributed by atoms with Gasteiger partial charge in [0.05, 0.1) is 0 Å². The first-order valence-corrected chi connectivity index (χ1v) is 6.12. The molecular weight excluding hydrogens is 258 g/mol. The highest BCUT2D eigenvalue weighted by Gasteiger charge is 2.18. The summed E-state index contributed by atoms with van der Waals surface area (Å²) in [6, 6.07) is 5.67. The van der Waals surface area contributed by atoms with Crippen molar-refractivity contribution in [3.8, 4) is 0 Å². The van der Waals surface area contributed by atoms with Gasteiger partial charge in [0, 0.05) is 25.5 Å². The maximum atomic E-state index is 11.7. The van der Waals surface area contributed by atoms with Crippen molar-refractivity contribution in [3.05, 3.63) is 36.9 Å². The van der Waals surface area contributed by atoms with Crippen LogP contribution in [0.4, 0.5) is 16.2 Å². The van der Waals surface area contributed by atoms with Crippen LogP contribution in [0.2, 0.25) is 0 Å². The highest BCUT2D eigenvalue weighted by molar-refractivity contribution is 5.92. The lowest BCUT2D eigenvalue weighted by Gasteiger charge is -2.15. The number of amides is 2. The molecule has 0 bridgehead atoms. The van der Waals surface area contributed by atoms with Gasteiger partial charge in [-0.15, -0.1) is 6.58 Å². The van der Waals surface area contributed by atoms with E-state index in [0.717, 1.165) is 5.69 Å². The van der Waals surface area contributed by atoms with Crippen molar-refractivity contribution < 1.29 is 14.7 Å². The number of aliphatic carboxylic acids is 1. The van der Waals surface area contributed by atoms with E-state index in [4.69, 9.17) is 5.11 Å². The molecule has 0 saturated heterocycles.